The first-order chi connectivity index (χ1) is 7.83. The molecular formula is C14H16O2. The molecule has 2 heteroatoms. The van der Waals surface area contributed by atoms with E-state index in [-0.39, 0.29) is 5.97 Å². The average Bonchev–Trinajstić information content (AvgIpc) is 2.76. The van der Waals surface area contributed by atoms with E-state index in [0.717, 1.165) is 0 Å². The van der Waals surface area contributed by atoms with E-state index in [4.69, 9.17) is 4.74 Å². The lowest BCUT2D eigenvalue weighted by Gasteiger charge is -1.92. The molecule has 1 aliphatic carbocycles. The summed E-state index contributed by atoms with van der Waals surface area (Å²) >= 11 is 0. The van der Waals surface area contributed by atoms with Gasteiger partial charge >= 0.3 is 5.97 Å². The molecule has 0 aromatic rings. The number of hydrogen-bond donors (Lipinski definition) is 0. The van der Waals surface area contributed by atoms with Gasteiger partial charge in [-0.15, -0.1) is 0 Å². The molecule has 0 spiro atoms. The predicted octanol–water partition coefficient (Wildman–Crippen LogP) is 2.96. The summed E-state index contributed by atoms with van der Waals surface area (Å²) in [6, 6.07) is 0. The van der Waals surface area contributed by atoms with Crippen LogP contribution < -0.4 is 0 Å². The van der Waals surface area contributed by atoms with E-state index in [1.165, 1.54) is 6.08 Å². The van der Waals surface area contributed by atoms with E-state index >= 15 is 0 Å². The quantitative estimate of drug-likeness (QED) is 0.401. The van der Waals surface area contributed by atoms with Crippen molar-refractivity contribution in [1.29, 1.82) is 0 Å². The lowest BCUT2D eigenvalue weighted by atomic mass is 10.1. The topological polar surface area (TPSA) is 26.3 Å². The van der Waals surface area contributed by atoms with Crippen molar-refractivity contribution in [2.24, 2.45) is 5.92 Å². The number of rotatable bonds is 5. The molecule has 0 N–H and O–H groups in total. The Hall–Kier alpha value is -1.83. The molecule has 0 fully saturated rings. The average molecular weight is 216 g/mol. The highest BCUT2D eigenvalue weighted by atomic mass is 16.5. The van der Waals surface area contributed by atoms with Crippen LogP contribution in [0.1, 0.15) is 6.92 Å². The molecule has 0 radical (unpaired) electrons. The van der Waals surface area contributed by atoms with Crippen LogP contribution in [-0.4, -0.2) is 12.6 Å². The van der Waals surface area contributed by atoms with Gasteiger partial charge in [0.05, 0.1) is 6.61 Å². The summed E-state index contributed by atoms with van der Waals surface area (Å²) < 4.78 is 4.73. The first kappa shape index (κ1) is 12.2. The summed E-state index contributed by atoms with van der Waals surface area (Å²) in [5.74, 6) is 0.0940. The molecule has 1 rings (SSSR count). The van der Waals surface area contributed by atoms with Gasteiger partial charge in [-0.1, -0.05) is 54.7 Å². The zero-order chi connectivity index (χ0) is 11.6. The van der Waals surface area contributed by atoms with Crippen LogP contribution in [0.25, 0.3) is 0 Å². The van der Waals surface area contributed by atoms with E-state index in [9.17, 15) is 4.79 Å². The smallest absolute Gasteiger partial charge is 0.330 e. The van der Waals surface area contributed by atoms with Gasteiger partial charge in [-0.25, -0.2) is 4.79 Å². The number of carbonyl (C=O) groups excluding carboxylic acids is 1. The summed E-state index contributed by atoms with van der Waals surface area (Å²) in [4.78, 5) is 10.9. The van der Waals surface area contributed by atoms with Gasteiger partial charge in [0.25, 0.3) is 0 Å². The van der Waals surface area contributed by atoms with Crippen LogP contribution in [-0.2, 0) is 9.53 Å². The molecule has 0 atom stereocenters. The van der Waals surface area contributed by atoms with Crippen molar-refractivity contribution in [2.45, 2.75) is 6.92 Å². The van der Waals surface area contributed by atoms with Gasteiger partial charge in [-0.05, 0) is 6.92 Å². The molecule has 0 bridgehead atoms. The highest BCUT2D eigenvalue weighted by Gasteiger charge is 1.95. The Morgan fingerprint density at radius 3 is 2.56 bits per heavy atom. The zero-order valence-corrected chi connectivity index (χ0v) is 9.37. The van der Waals surface area contributed by atoms with Crippen molar-refractivity contribution in [3.05, 3.63) is 60.8 Å². The van der Waals surface area contributed by atoms with E-state index in [0.29, 0.717) is 12.5 Å². The number of hydrogen-bond acceptors (Lipinski definition) is 2. The van der Waals surface area contributed by atoms with Crippen LogP contribution >= 0.6 is 0 Å². The Balaban J connectivity index is 2.24. The van der Waals surface area contributed by atoms with Crippen LogP contribution in [0.15, 0.2) is 60.8 Å². The van der Waals surface area contributed by atoms with Gasteiger partial charge in [0.15, 0.2) is 0 Å². The van der Waals surface area contributed by atoms with E-state index in [2.05, 4.69) is 18.2 Å². The molecular weight excluding hydrogens is 200 g/mol. The fourth-order valence-corrected chi connectivity index (χ4v) is 1.22. The SMILES string of the molecule is CCOC(=O)/C=C/C=C/C=C/C1C=CC=C1. The fourth-order valence-electron chi connectivity index (χ4n) is 1.22. The van der Waals surface area contributed by atoms with Gasteiger partial charge in [0.1, 0.15) is 0 Å². The molecule has 0 amide bonds. The van der Waals surface area contributed by atoms with Gasteiger partial charge < -0.3 is 4.74 Å². The maximum absolute atomic E-state index is 10.9. The first-order valence-electron chi connectivity index (χ1n) is 5.36. The number of carbonyl (C=O) groups is 1. The molecule has 0 aromatic heterocycles. The minimum Gasteiger partial charge on any atom is -0.463 e. The standard InChI is InChI=1S/C14H16O2/c1-2-16-14(15)12-6-4-3-5-9-13-10-7-8-11-13/h3-13H,2H2,1H3/b4-3+,9-5+,12-6+. The first-order valence-corrected chi connectivity index (χ1v) is 5.36. The lowest BCUT2D eigenvalue weighted by Crippen LogP contribution is -1.98. The van der Waals surface area contributed by atoms with Crippen LogP contribution in [0.2, 0.25) is 0 Å². The molecule has 1 aliphatic rings. The van der Waals surface area contributed by atoms with E-state index < -0.39 is 0 Å². The summed E-state index contributed by atoms with van der Waals surface area (Å²) in [6.45, 7) is 2.19. The van der Waals surface area contributed by atoms with E-state index in [1.807, 2.05) is 24.3 Å². The van der Waals surface area contributed by atoms with Crippen molar-refractivity contribution in [3.63, 3.8) is 0 Å². The predicted molar refractivity (Wildman–Crippen MR) is 65.8 cm³/mol. The Labute approximate surface area is 96.3 Å². The zero-order valence-electron chi connectivity index (χ0n) is 9.37. The lowest BCUT2D eigenvalue weighted by molar-refractivity contribution is -0.137. The third-order valence-electron chi connectivity index (χ3n) is 1.96. The number of allylic oxidation sites excluding steroid dienone is 9. The highest BCUT2D eigenvalue weighted by molar-refractivity contribution is 5.82. The minimum atomic E-state index is -0.308. The fraction of sp³-hybridized carbons (Fsp3) is 0.214. The van der Waals surface area contributed by atoms with Crippen molar-refractivity contribution in [2.75, 3.05) is 6.61 Å². The maximum Gasteiger partial charge on any atom is 0.330 e. The second kappa shape index (κ2) is 7.46. The molecule has 0 aliphatic heterocycles. The van der Waals surface area contributed by atoms with Crippen molar-refractivity contribution in [1.82, 2.24) is 0 Å². The molecule has 0 heterocycles. The Bertz CT molecular complexity index is 345. The van der Waals surface area contributed by atoms with Crippen LogP contribution in [0, 0.1) is 5.92 Å². The monoisotopic (exact) mass is 216 g/mol. The Morgan fingerprint density at radius 2 is 1.88 bits per heavy atom. The van der Waals surface area contributed by atoms with Crippen LogP contribution in [0.4, 0.5) is 0 Å². The summed E-state index contributed by atoms with van der Waals surface area (Å²) in [7, 11) is 0. The van der Waals surface area contributed by atoms with Gasteiger partial charge in [0.2, 0.25) is 0 Å². The van der Waals surface area contributed by atoms with Gasteiger partial charge in [-0.2, -0.15) is 0 Å². The molecule has 16 heavy (non-hydrogen) atoms. The number of esters is 1. The van der Waals surface area contributed by atoms with Crippen LogP contribution in [0.5, 0.6) is 0 Å². The molecule has 84 valence electrons. The third kappa shape index (κ3) is 5.15. The van der Waals surface area contributed by atoms with Gasteiger partial charge in [-0.3, -0.25) is 0 Å². The highest BCUT2D eigenvalue weighted by Crippen LogP contribution is 2.09. The summed E-state index contributed by atoms with van der Waals surface area (Å²) in [5, 5.41) is 0. The maximum atomic E-state index is 10.9. The third-order valence-corrected chi connectivity index (χ3v) is 1.96. The molecule has 0 saturated carbocycles. The Morgan fingerprint density at radius 1 is 1.19 bits per heavy atom. The summed E-state index contributed by atoms with van der Waals surface area (Å²) in [5.41, 5.74) is 0. The number of ether oxygens (including phenoxy) is 1. The molecule has 0 unspecified atom stereocenters. The largest absolute Gasteiger partial charge is 0.463 e. The minimum absolute atomic E-state index is 0.308. The van der Waals surface area contributed by atoms with Crippen molar-refractivity contribution in [3.8, 4) is 0 Å². The molecule has 0 aromatic carbocycles. The van der Waals surface area contributed by atoms with Gasteiger partial charge in [0, 0.05) is 12.0 Å². The Kier molecular flexibility index (Phi) is 5.71. The van der Waals surface area contributed by atoms with Crippen LogP contribution in [0.3, 0.4) is 0 Å². The molecule has 2 nitrogen and oxygen atoms in total. The summed E-state index contributed by atoms with van der Waals surface area (Å²) in [6.07, 6.45) is 19.1. The van der Waals surface area contributed by atoms with Crippen molar-refractivity contribution < 1.29 is 9.53 Å². The van der Waals surface area contributed by atoms with E-state index in [1.54, 1.807) is 19.1 Å². The second-order valence-corrected chi connectivity index (χ2v) is 3.23. The molecule has 0 saturated heterocycles. The normalized spacial score (nSPS) is 16.1. The second-order valence-electron chi connectivity index (χ2n) is 3.23. The van der Waals surface area contributed by atoms with Crippen molar-refractivity contribution >= 4 is 5.97 Å².